The molecule has 4 rings (SSSR count). The number of imidazole rings is 1. The van der Waals surface area contributed by atoms with Gasteiger partial charge in [0.1, 0.15) is 18.8 Å². The number of hydrogen-bond acceptors (Lipinski definition) is 8. The number of aromatic nitrogens is 5. The number of amides is 1. The van der Waals surface area contributed by atoms with E-state index in [2.05, 4.69) is 51.7 Å². The van der Waals surface area contributed by atoms with Crippen LogP contribution >= 0.6 is 24.8 Å². The molecule has 0 saturated heterocycles. The molecule has 0 aliphatic carbocycles. The number of nitrogens with one attached hydrogen (secondary N) is 3. The second kappa shape index (κ2) is 15.3. The predicted molar refractivity (Wildman–Crippen MR) is 161 cm³/mol. The Hall–Kier alpha value is -4.29. The minimum atomic E-state index is -0.109. The van der Waals surface area contributed by atoms with Gasteiger partial charge in [-0.2, -0.15) is 5.10 Å². The van der Waals surface area contributed by atoms with E-state index in [0.717, 1.165) is 22.0 Å². The first-order valence-corrected chi connectivity index (χ1v) is 13.2. The topological polar surface area (TPSA) is 111 Å². The van der Waals surface area contributed by atoms with Crippen LogP contribution in [0.3, 0.4) is 0 Å². The molecule has 2 aromatic carbocycles. The summed E-state index contributed by atoms with van der Waals surface area (Å²) in [4.78, 5) is 16.3. The van der Waals surface area contributed by atoms with Crippen LogP contribution < -0.4 is 20.2 Å². The number of carbonyl (C=O) groups is 1. The van der Waals surface area contributed by atoms with Crippen molar-refractivity contribution >= 4 is 30.8 Å². The highest BCUT2D eigenvalue weighted by atomic mass is 32.1. The lowest BCUT2D eigenvalue weighted by molar-refractivity contribution is 0.0949. The minimum Gasteiger partial charge on any atom is -0.493 e. The molecule has 10 nitrogen and oxygen atoms in total. The average molecular weight is 580 g/mol. The van der Waals surface area contributed by atoms with E-state index in [1.807, 2.05) is 47.9 Å². The van der Waals surface area contributed by atoms with Crippen molar-refractivity contribution in [1.82, 2.24) is 29.7 Å². The maximum atomic E-state index is 12.1. The summed E-state index contributed by atoms with van der Waals surface area (Å²) in [5, 5.41) is 10.1. The number of hydrogen-bond donors (Lipinski definition) is 4. The van der Waals surface area contributed by atoms with Gasteiger partial charge in [0.15, 0.2) is 11.5 Å². The number of rotatable bonds is 12. The highest BCUT2D eigenvalue weighted by molar-refractivity contribution is 7.80. The van der Waals surface area contributed by atoms with Gasteiger partial charge < -0.3 is 24.8 Å². The molecule has 12 heteroatoms. The molecule has 0 aliphatic rings. The lowest BCUT2D eigenvalue weighted by Gasteiger charge is -2.15. The van der Waals surface area contributed by atoms with Crippen molar-refractivity contribution in [2.24, 2.45) is 0 Å². The number of allylic oxidation sites excluding steroid dienone is 1. The van der Waals surface area contributed by atoms with Crippen LogP contribution in [-0.4, -0.2) is 44.0 Å². The Kier molecular flexibility index (Phi) is 11.6. The number of para-hydroxylation sites is 1. The van der Waals surface area contributed by atoms with Crippen LogP contribution in [-0.2, 0) is 19.6 Å². The van der Waals surface area contributed by atoms with E-state index >= 15 is 0 Å². The Balaban J connectivity index is 0.000000220. The number of benzene rings is 2. The molecular formula is C28H33N7O3S2. The molecule has 210 valence electrons. The van der Waals surface area contributed by atoms with E-state index in [1.165, 1.54) is 0 Å². The van der Waals surface area contributed by atoms with Crippen molar-refractivity contribution < 1.29 is 14.3 Å². The lowest BCUT2D eigenvalue weighted by Crippen LogP contribution is -2.24. The van der Waals surface area contributed by atoms with E-state index in [9.17, 15) is 4.79 Å². The molecule has 0 saturated carbocycles. The summed E-state index contributed by atoms with van der Waals surface area (Å²) in [7, 11) is 1.61. The van der Waals surface area contributed by atoms with Gasteiger partial charge in [-0.15, -0.1) is 19.2 Å². The third-order valence-electron chi connectivity index (χ3n) is 5.53. The van der Waals surface area contributed by atoms with Gasteiger partial charge in [-0.25, -0.2) is 9.66 Å². The van der Waals surface area contributed by atoms with Crippen molar-refractivity contribution in [2.75, 3.05) is 19.1 Å². The average Bonchev–Trinajstić information content (AvgIpc) is 3.54. The van der Waals surface area contributed by atoms with Crippen LogP contribution in [0.1, 0.15) is 27.3 Å². The van der Waals surface area contributed by atoms with Crippen molar-refractivity contribution in [1.29, 1.82) is 0 Å². The summed E-state index contributed by atoms with van der Waals surface area (Å²) in [6, 6.07) is 13.2. The summed E-state index contributed by atoms with van der Waals surface area (Å²) in [5.74, 6) is 2.03. The number of aryl methyl sites for hydroxylation is 1. The Labute approximate surface area is 244 Å². The number of nitrogens with zero attached hydrogens (tertiary/aromatic N) is 4. The number of H-pyrrole nitrogens is 1. The Morgan fingerprint density at radius 3 is 2.67 bits per heavy atom. The molecule has 1 amide bonds. The van der Waals surface area contributed by atoms with Gasteiger partial charge in [-0.1, -0.05) is 48.6 Å². The minimum absolute atomic E-state index is 0.109. The Bertz CT molecular complexity index is 1490. The van der Waals surface area contributed by atoms with E-state index in [-0.39, 0.29) is 5.91 Å². The maximum absolute atomic E-state index is 12.1. The van der Waals surface area contributed by atoms with Gasteiger partial charge in [0, 0.05) is 17.7 Å². The van der Waals surface area contributed by atoms with Crippen molar-refractivity contribution in [3.63, 3.8) is 0 Å². The molecule has 3 N–H and O–H groups in total. The second-order valence-electron chi connectivity index (χ2n) is 8.40. The van der Waals surface area contributed by atoms with E-state index in [1.54, 1.807) is 42.5 Å². The zero-order chi connectivity index (χ0) is 28.9. The van der Waals surface area contributed by atoms with Crippen molar-refractivity contribution in [2.45, 2.75) is 31.6 Å². The summed E-state index contributed by atoms with van der Waals surface area (Å²) in [6.07, 6.45) is 6.71. The molecule has 0 radical (unpaired) electrons. The fourth-order valence-electron chi connectivity index (χ4n) is 3.62. The van der Waals surface area contributed by atoms with E-state index in [4.69, 9.17) is 21.7 Å². The first-order chi connectivity index (χ1) is 19.4. The van der Waals surface area contributed by atoms with Crippen molar-refractivity contribution in [3.05, 3.63) is 108 Å². The van der Waals surface area contributed by atoms with E-state index < -0.39 is 0 Å². The smallest absolute Gasteiger partial charge is 0.251 e. The molecule has 0 fully saturated rings. The first-order valence-electron chi connectivity index (χ1n) is 12.3. The quantitative estimate of drug-likeness (QED) is 0.108. The number of methoxy groups -OCH3 is 1. The summed E-state index contributed by atoms with van der Waals surface area (Å²) in [6.45, 7) is 11.2. The molecule has 40 heavy (non-hydrogen) atoms. The molecule has 2 aromatic heterocycles. The van der Waals surface area contributed by atoms with Gasteiger partial charge in [-0.3, -0.25) is 9.89 Å². The predicted octanol–water partition coefficient (Wildman–Crippen LogP) is 4.85. The number of aromatic amines is 1. The SMILES string of the molecule is C=CCOc1c(CNn2cn[nH]c2=S)cccc1OC.C=CCn1c(S)cnc1CNC(=O)c1cccc(C)c1. The van der Waals surface area contributed by atoms with Crippen LogP contribution in [0, 0.1) is 11.7 Å². The first kappa shape index (κ1) is 30.3. The standard InChI is InChI=1S/C15H17N3OS.C13H16N4O2S/c1-3-7-18-13(16-10-14(18)20)9-17-15(19)12-6-4-5-11(2)8-12;1-3-7-19-12-10(5-4-6-11(12)18-2)8-15-17-9-14-16-13(17)20/h3-6,8,10,20H,1,7,9H2,2H3,(H,17,19);3-6,9,15H,1,7-8H2,2H3,(H,16,20). The van der Waals surface area contributed by atoms with Crippen LogP contribution in [0.5, 0.6) is 11.5 Å². The number of thiol groups is 1. The molecule has 0 aliphatic heterocycles. The Morgan fingerprint density at radius 2 is 2.00 bits per heavy atom. The van der Waals surface area contributed by atoms with Crippen LogP contribution in [0.25, 0.3) is 0 Å². The lowest BCUT2D eigenvalue weighted by atomic mass is 10.1. The zero-order valence-corrected chi connectivity index (χ0v) is 24.2. The highest BCUT2D eigenvalue weighted by Gasteiger charge is 2.11. The fourth-order valence-corrected chi connectivity index (χ4v) is 4.04. The number of ether oxygens (including phenoxy) is 2. The van der Waals surface area contributed by atoms with Gasteiger partial charge in [0.05, 0.1) is 31.4 Å². The van der Waals surface area contributed by atoms with Crippen LogP contribution in [0.4, 0.5) is 0 Å². The van der Waals surface area contributed by atoms with Crippen LogP contribution in [0.15, 0.2) is 85.3 Å². The molecular weight excluding hydrogens is 546 g/mol. The molecule has 0 spiro atoms. The highest BCUT2D eigenvalue weighted by Crippen LogP contribution is 2.31. The van der Waals surface area contributed by atoms with Gasteiger partial charge >= 0.3 is 0 Å². The summed E-state index contributed by atoms with van der Waals surface area (Å²) >= 11 is 9.39. The molecule has 0 unspecified atom stereocenters. The molecule has 4 aromatic rings. The van der Waals surface area contributed by atoms with Crippen molar-refractivity contribution in [3.8, 4) is 11.5 Å². The maximum Gasteiger partial charge on any atom is 0.251 e. The summed E-state index contributed by atoms with van der Waals surface area (Å²) < 4.78 is 15.0. The van der Waals surface area contributed by atoms with Gasteiger partial charge in [-0.05, 0) is 37.3 Å². The third-order valence-corrected chi connectivity index (χ3v) is 6.18. The van der Waals surface area contributed by atoms with E-state index in [0.29, 0.717) is 48.1 Å². The van der Waals surface area contributed by atoms with Crippen LogP contribution in [0.2, 0.25) is 0 Å². The normalized spacial score (nSPS) is 10.2. The third kappa shape index (κ3) is 8.35. The zero-order valence-electron chi connectivity index (χ0n) is 22.5. The molecule has 2 heterocycles. The summed E-state index contributed by atoms with van der Waals surface area (Å²) in [5.41, 5.74) is 5.80. The van der Waals surface area contributed by atoms with Gasteiger partial charge in [0.25, 0.3) is 5.91 Å². The number of carbonyl (C=O) groups excluding carboxylic acids is 1. The molecule has 0 atom stereocenters. The largest absolute Gasteiger partial charge is 0.493 e. The molecule has 0 bridgehead atoms. The van der Waals surface area contributed by atoms with Gasteiger partial charge in [0.2, 0.25) is 4.77 Å². The monoisotopic (exact) mass is 579 g/mol. The fraction of sp³-hybridized carbons (Fsp3) is 0.214. The second-order valence-corrected chi connectivity index (χ2v) is 9.24. The Morgan fingerprint density at radius 1 is 1.20 bits per heavy atom.